The second-order valence-corrected chi connectivity index (χ2v) is 6.00. The first kappa shape index (κ1) is 17.3. The zero-order valence-electron chi connectivity index (χ0n) is 12.9. The molecular weight excluding hydrogens is 305 g/mol. The van der Waals surface area contributed by atoms with Gasteiger partial charge in [0.1, 0.15) is 0 Å². The Labute approximate surface area is 133 Å². The summed E-state index contributed by atoms with van der Waals surface area (Å²) >= 11 is 0. The summed E-state index contributed by atoms with van der Waals surface area (Å²) in [6.07, 6.45) is -2.88. The van der Waals surface area contributed by atoms with Gasteiger partial charge in [0.2, 0.25) is 5.91 Å². The predicted octanol–water partition coefficient (Wildman–Crippen LogP) is 4.10. The van der Waals surface area contributed by atoms with Gasteiger partial charge < -0.3 is 5.32 Å². The van der Waals surface area contributed by atoms with Crippen LogP contribution in [0.3, 0.4) is 0 Å². The van der Waals surface area contributed by atoms with E-state index in [1.807, 2.05) is 6.07 Å². The summed E-state index contributed by atoms with van der Waals surface area (Å²) in [6, 6.07) is 8.24. The maximum Gasteiger partial charge on any atom is 0.392 e. The summed E-state index contributed by atoms with van der Waals surface area (Å²) in [5.41, 5.74) is 1.26. The Morgan fingerprint density at radius 1 is 1.26 bits per heavy atom. The Hall–Kier alpha value is -2.03. The smallest absolute Gasteiger partial charge is 0.349 e. The molecule has 1 aromatic rings. The molecule has 1 N–H and O–H groups in total. The fourth-order valence-corrected chi connectivity index (χ4v) is 3.09. The number of hydrogen-bond acceptors (Lipinski definition) is 2. The van der Waals surface area contributed by atoms with Crippen molar-refractivity contribution in [2.75, 3.05) is 0 Å². The fraction of sp³-hybridized carbons (Fsp3) is 0.529. The molecule has 1 saturated carbocycles. The number of hydrogen-bond donors (Lipinski definition) is 1. The largest absolute Gasteiger partial charge is 0.392 e. The van der Waals surface area contributed by atoms with Crippen LogP contribution in [-0.2, 0) is 4.79 Å². The van der Waals surface area contributed by atoms with Crippen LogP contribution >= 0.6 is 0 Å². The summed E-state index contributed by atoms with van der Waals surface area (Å²) in [5, 5.41) is 11.4. The molecule has 0 aromatic heterocycles. The number of nitrogens with one attached hydrogen (secondary N) is 1. The van der Waals surface area contributed by atoms with E-state index in [-0.39, 0.29) is 12.8 Å². The van der Waals surface area contributed by atoms with Crippen molar-refractivity contribution in [1.82, 2.24) is 5.32 Å². The van der Waals surface area contributed by atoms with E-state index >= 15 is 0 Å². The molecule has 1 aliphatic carbocycles. The molecule has 1 fully saturated rings. The number of carbonyl (C=O) groups is 1. The minimum Gasteiger partial charge on any atom is -0.349 e. The van der Waals surface area contributed by atoms with Crippen molar-refractivity contribution in [2.45, 2.75) is 44.8 Å². The lowest BCUT2D eigenvalue weighted by Gasteiger charge is -2.32. The maximum atomic E-state index is 13.1. The second kappa shape index (κ2) is 7.03. The summed E-state index contributed by atoms with van der Waals surface area (Å²) in [4.78, 5) is 12.3. The Bertz CT molecular complexity index is 589. The van der Waals surface area contributed by atoms with Crippen LogP contribution in [-0.4, -0.2) is 12.1 Å². The molecule has 3 nitrogen and oxygen atoms in total. The molecule has 0 saturated heterocycles. The lowest BCUT2D eigenvalue weighted by molar-refractivity contribution is -0.198. The molecule has 2 rings (SSSR count). The highest BCUT2D eigenvalue weighted by molar-refractivity contribution is 5.79. The van der Waals surface area contributed by atoms with Crippen LogP contribution < -0.4 is 5.32 Å². The van der Waals surface area contributed by atoms with Crippen molar-refractivity contribution in [3.63, 3.8) is 0 Å². The van der Waals surface area contributed by atoms with Gasteiger partial charge in [-0.25, -0.2) is 0 Å². The van der Waals surface area contributed by atoms with Crippen LogP contribution in [0.1, 0.15) is 49.8 Å². The fourth-order valence-electron chi connectivity index (χ4n) is 3.09. The number of nitriles is 1. The summed E-state index contributed by atoms with van der Waals surface area (Å²) < 4.78 is 39.3. The quantitative estimate of drug-likeness (QED) is 0.910. The van der Waals surface area contributed by atoms with Crippen molar-refractivity contribution in [3.05, 3.63) is 35.4 Å². The molecule has 0 radical (unpaired) electrons. The van der Waals surface area contributed by atoms with E-state index in [0.29, 0.717) is 18.4 Å². The highest BCUT2D eigenvalue weighted by atomic mass is 19.4. The molecule has 3 atom stereocenters. The minimum absolute atomic E-state index is 0.0207. The molecule has 0 aliphatic heterocycles. The third kappa shape index (κ3) is 4.25. The molecule has 1 aliphatic rings. The SMILES string of the molecule is C[C@H](NC(=O)[C@@H]1CCCC[C@@H]1C(F)(F)F)c1ccc(C#N)cc1. The van der Waals surface area contributed by atoms with Crippen molar-refractivity contribution in [1.29, 1.82) is 5.26 Å². The monoisotopic (exact) mass is 324 g/mol. The van der Waals surface area contributed by atoms with Gasteiger partial charge >= 0.3 is 6.18 Å². The first-order chi connectivity index (χ1) is 10.8. The highest BCUT2D eigenvalue weighted by Gasteiger charge is 2.48. The van der Waals surface area contributed by atoms with Gasteiger partial charge in [0.25, 0.3) is 0 Å². The van der Waals surface area contributed by atoms with E-state index in [1.54, 1.807) is 31.2 Å². The first-order valence-electron chi connectivity index (χ1n) is 7.70. The number of halogens is 3. The molecule has 23 heavy (non-hydrogen) atoms. The highest BCUT2D eigenvalue weighted by Crippen LogP contribution is 2.41. The molecular formula is C17H19F3N2O. The number of alkyl halides is 3. The Kier molecular flexibility index (Phi) is 5.30. The zero-order valence-corrected chi connectivity index (χ0v) is 12.9. The van der Waals surface area contributed by atoms with Crippen molar-refractivity contribution >= 4 is 5.91 Å². The molecule has 0 spiro atoms. The standard InChI is InChI=1S/C17H19F3N2O/c1-11(13-8-6-12(10-21)7-9-13)22-16(23)14-4-2-3-5-15(14)17(18,19)20/h6-9,11,14-15H,2-5H2,1H3,(H,22,23)/t11-,14+,15-/m0/s1. The molecule has 6 heteroatoms. The van der Waals surface area contributed by atoms with Gasteiger partial charge in [-0.2, -0.15) is 18.4 Å². The van der Waals surface area contributed by atoms with Crippen LogP contribution in [0.2, 0.25) is 0 Å². The van der Waals surface area contributed by atoms with Crippen LogP contribution in [0, 0.1) is 23.2 Å². The predicted molar refractivity (Wildman–Crippen MR) is 79.2 cm³/mol. The van der Waals surface area contributed by atoms with Gasteiger partial charge in [-0.05, 0) is 37.5 Å². The Balaban J connectivity index is 2.05. The van der Waals surface area contributed by atoms with Crippen LogP contribution in [0.5, 0.6) is 0 Å². The summed E-state index contributed by atoms with van der Waals surface area (Å²) in [5.74, 6) is -3.10. The van der Waals surface area contributed by atoms with Crippen LogP contribution in [0.25, 0.3) is 0 Å². The lowest BCUT2D eigenvalue weighted by atomic mass is 9.78. The molecule has 0 bridgehead atoms. The third-order valence-electron chi connectivity index (χ3n) is 4.42. The van der Waals surface area contributed by atoms with Crippen molar-refractivity contribution < 1.29 is 18.0 Å². The molecule has 1 amide bonds. The van der Waals surface area contributed by atoms with E-state index in [0.717, 1.165) is 5.56 Å². The number of benzene rings is 1. The minimum atomic E-state index is -4.33. The Morgan fingerprint density at radius 3 is 2.43 bits per heavy atom. The lowest BCUT2D eigenvalue weighted by Crippen LogP contribution is -2.43. The van der Waals surface area contributed by atoms with Gasteiger partial charge in [-0.3, -0.25) is 4.79 Å². The normalized spacial score (nSPS) is 22.9. The topological polar surface area (TPSA) is 52.9 Å². The summed E-state index contributed by atoms with van der Waals surface area (Å²) in [7, 11) is 0. The van der Waals surface area contributed by atoms with E-state index < -0.39 is 30.0 Å². The van der Waals surface area contributed by atoms with Crippen LogP contribution in [0.15, 0.2) is 24.3 Å². The third-order valence-corrected chi connectivity index (χ3v) is 4.42. The maximum absolute atomic E-state index is 13.1. The molecule has 124 valence electrons. The van der Waals surface area contributed by atoms with Gasteiger partial charge in [0, 0.05) is 5.92 Å². The average molecular weight is 324 g/mol. The van der Waals surface area contributed by atoms with Gasteiger partial charge in [-0.1, -0.05) is 25.0 Å². The summed E-state index contributed by atoms with van der Waals surface area (Å²) in [6.45, 7) is 1.73. The van der Waals surface area contributed by atoms with E-state index in [4.69, 9.17) is 5.26 Å². The van der Waals surface area contributed by atoms with Gasteiger partial charge in [-0.15, -0.1) is 0 Å². The van der Waals surface area contributed by atoms with Crippen molar-refractivity contribution in [3.8, 4) is 6.07 Å². The number of amides is 1. The zero-order chi connectivity index (χ0) is 17.0. The molecule has 0 heterocycles. The second-order valence-electron chi connectivity index (χ2n) is 6.00. The van der Waals surface area contributed by atoms with E-state index in [1.165, 1.54) is 0 Å². The van der Waals surface area contributed by atoms with Gasteiger partial charge in [0.15, 0.2) is 0 Å². The number of nitrogens with zero attached hydrogens (tertiary/aromatic N) is 1. The average Bonchev–Trinajstić information content (AvgIpc) is 2.54. The van der Waals surface area contributed by atoms with E-state index in [9.17, 15) is 18.0 Å². The molecule has 0 unspecified atom stereocenters. The number of carbonyl (C=O) groups excluding carboxylic acids is 1. The van der Waals surface area contributed by atoms with Crippen LogP contribution in [0.4, 0.5) is 13.2 Å². The number of rotatable bonds is 3. The van der Waals surface area contributed by atoms with E-state index in [2.05, 4.69) is 5.32 Å². The Morgan fingerprint density at radius 2 is 1.87 bits per heavy atom. The first-order valence-corrected chi connectivity index (χ1v) is 7.70. The molecule has 1 aromatic carbocycles. The van der Waals surface area contributed by atoms with Crippen molar-refractivity contribution in [2.24, 2.45) is 11.8 Å². The van der Waals surface area contributed by atoms with Gasteiger partial charge in [0.05, 0.1) is 23.6 Å².